The van der Waals surface area contributed by atoms with Crippen molar-refractivity contribution in [2.24, 2.45) is 5.92 Å². The number of anilines is 2. The predicted molar refractivity (Wildman–Crippen MR) is 139 cm³/mol. The Bertz CT molecular complexity index is 1450. The molecule has 2 saturated heterocycles. The Hall–Kier alpha value is -4.16. The Morgan fingerprint density at radius 2 is 1.82 bits per heavy atom. The van der Waals surface area contributed by atoms with E-state index in [1.165, 1.54) is 36.4 Å². The number of phenols is 1. The molecule has 12 heteroatoms. The van der Waals surface area contributed by atoms with Crippen LogP contribution in [0.2, 0.25) is 0 Å². The number of methoxy groups -OCH3 is 1. The molecule has 2 aliphatic heterocycles. The molecular weight excluding hydrogens is 562 g/mol. The first-order valence-electron chi connectivity index (χ1n) is 11.6. The van der Waals surface area contributed by atoms with E-state index in [0.29, 0.717) is 28.1 Å². The van der Waals surface area contributed by atoms with Crippen molar-refractivity contribution in [3.05, 3.63) is 80.8 Å². The Kier molecular flexibility index (Phi) is 6.67. The van der Waals surface area contributed by atoms with Crippen molar-refractivity contribution in [3.8, 4) is 17.2 Å². The van der Waals surface area contributed by atoms with Gasteiger partial charge in [-0.1, -0.05) is 12.1 Å². The number of benzene rings is 3. The summed E-state index contributed by atoms with van der Waals surface area (Å²) in [6.07, 6.45) is -1.19. The van der Waals surface area contributed by atoms with Gasteiger partial charge in [-0.25, -0.2) is 9.96 Å². The van der Waals surface area contributed by atoms with E-state index < -0.39 is 34.8 Å². The van der Waals surface area contributed by atoms with Crippen LogP contribution >= 0.6 is 15.9 Å². The zero-order chi connectivity index (χ0) is 27.1. The first-order valence-corrected chi connectivity index (χ1v) is 12.4. The van der Waals surface area contributed by atoms with E-state index in [1.807, 2.05) is 6.92 Å². The van der Waals surface area contributed by atoms with Gasteiger partial charge >= 0.3 is 0 Å². The monoisotopic (exact) mass is 583 g/mol. The van der Waals surface area contributed by atoms with Gasteiger partial charge in [-0.05, 0) is 58.7 Å². The van der Waals surface area contributed by atoms with Crippen molar-refractivity contribution >= 4 is 44.8 Å². The lowest BCUT2D eigenvalue weighted by atomic mass is 9.90. The minimum atomic E-state index is -1.19. The minimum absolute atomic E-state index is 0.134. The number of aromatic hydroxyl groups is 1. The molecule has 1 N–H and O–H groups in total. The highest BCUT2D eigenvalue weighted by Gasteiger charge is 2.60. The van der Waals surface area contributed by atoms with Gasteiger partial charge in [0.1, 0.15) is 11.7 Å². The molecule has 0 spiro atoms. The van der Waals surface area contributed by atoms with Gasteiger partial charge in [-0.15, -0.1) is 0 Å². The average Bonchev–Trinajstić information content (AvgIpc) is 3.41. The second-order valence-corrected chi connectivity index (χ2v) is 9.45. The number of phenolic OH excluding ortho intramolecular Hbond substituents is 1. The van der Waals surface area contributed by atoms with E-state index in [4.69, 9.17) is 14.3 Å². The van der Waals surface area contributed by atoms with E-state index in [0.717, 1.165) is 4.90 Å². The number of nitro benzene ring substituents is 1. The number of amides is 2. The highest BCUT2D eigenvalue weighted by Crippen LogP contribution is 2.50. The lowest BCUT2D eigenvalue weighted by Gasteiger charge is -2.29. The quantitative estimate of drug-likeness (QED) is 0.242. The van der Waals surface area contributed by atoms with Crippen molar-refractivity contribution < 1.29 is 33.9 Å². The molecule has 0 aromatic heterocycles. The summed E-state index contributed by atoms with van der Waals surface area (Å²) in [7, 11) is 1.38. The van der Waals surface area contributed by atoms with Gasteiger partial charge in [-0.3, -0.25) is 24.5 Å². The van der Waals surface area contributed by atoms with E-state index in [2.05, 4.69) is 15.9 Å². The van der Waals surface area contributed by atoms with Crippen molar-refractivity contribution in [3.63, 3.8) is 0 Å². The number of rotatable bonds is 7. The lowest BCUT2D eigenvalue weighted by molar-refractivity contribution is -0.384. The van der Waals surface area contributed by atoms with Gasteiger partial charge in [0.2, 0.25) is 5.91 Å². The number of nitrogens with zero attached hydrogens (tertiary/aromatic N) is 3. The third kappa shape index (κ3) is 4.21. The van der Waals surface area contributed by atoms with Crippen LogP contribution in [0, 0.1) is 16.0 Å². The summed E-state index contributed by atoms with van der Waals surface area (Å²) in [6.45, 7) is 2.24. The number of ether oxygens (including phenoxy) is 2. The summed E-state index contributed by atoms with van der Waals surface area (Å²) in [6, 6.07) is 14.6. The first-order chi connectivity index (χ1) is 18.2. The van der Waals surface area contributed by atoms with Crippen molar-refractivity contribution in [2.75, 3.05) is 23.7 Å². The number of carbonyl (C=O) groups is 2. The summed E-state index contributed by atoms with van der Waals surface area (Å²) in [5.74, 6) is -1.58. The number of imide groups is 1. The van der Waals surface area contributed by atoms with Crippen LogP contribution in [0.4, 0.5) is 17.1 Å². The molecule has 3 atom stereocenters. The van der Waals surface area contributed by atoms with E-state index in [-0.39, 0.29) is 22.9 Å². The molecule has 38 heavy (non-hydrogen) atoms. The molecule has 0 radical (unpaired) electrons. The fourth-order valence-electron chi connectivity index (χ4n) is 4.77. The standard InChI is InChI=1S/C26H22BrN3O8/c1-3-37-18-9-5-6-15(13-18)28-25(32)21-22(14-10-19(27)23(31)20(11-14)36-2)29(38-24(21)26(28)33)16-7-4-8-17(12-16)30(34)35/h4-13,21-22,24,31H,3H2,1-2H3/t21-,22-,24-/m0/s1. The largest absolute Gasteiger partial charge is 0.503 e. The van der Waals surface area contributed by atoms with E-state index >= 15 is 0 Å². The Labute approximate surface area is 225 Å². The van der Waals surface area contributed by atoms with Crippen LogP contribution in [0.5, 0.6) is 17.2 Å². The number of non-ortho nitro benzene ring substituents is 1. The van der Waals surface area contributed by atoms with Crippen LogP contribution in [0.25, 0.3) is 0 Å². The minimum Gasteiger partial charge on any atom is -0.503 e. The van der Waals surface area contributed by atoms with Crippen LogP contribution < -0.4 is 19.4 Å². The average molecular weight is 584 g/mol. The van der Waals surface area contributed by atoms with Crippen molar-refractivity contribution in [2.45, 2.75) is 19.1 Å². The first kappa shape index (κ1) is 25.5. The molecule has 0 aliphatic carbocycles. The maximum Gasteiger partial charge on any atom is 0.271 e. The number of hydroxylamine groups is 1. The maximum atomic E-state index is 13.9. The smallest absolute Gasteiger partial charge is 0.271 e. The molecule has 5 rings (SSSR count). The van der Waals surface area contributed by atoms with Gasteiger partial charge in [0.05, 0.1) is 40.5 Å². The maximum absolute atomic E-state index is 13.9. The number of hydrogen-bond acceptors (Lipinski definition) is 9. The molecule has 3 aromatic rings. The second-order valence-electron chi connectivity index (χ2n) is 8.60. The summed E-state index contributed by atoms with van der Waals surface area (Å²) >= 11 is 3.31. The third-order valence-electron chi connectivity index (χ3n) is 6.41. The van der Waals surface area contributed by atoms with Gasteiger partial charge in [0, 0.05) is 18.2 Å². The van der Waals surface area contributed by atoms with Gasteiger partial charge < -0.3 is 14.6 Å². The normalized spacial score (nSPS) is 20.6. The van der Waals surface area contributed by atoms with Gasteiger partial charge in [0.15, 0.2) is 17.6 Å². The Balaban J connectivity index is 1.62. The highest BCUT2D eigenvalue weighted by molar-refractivity contribution is 9.10. The van der Waals surface area contributed by atoms with Crippen LogP contribution in [0.1, 0.15) is 18.5 Å². The molecular formula is C26H22BrN3O8. The van der Waals surface area contributed by atoms with Crippen LogP contribution in [-0.2, 0) is 14.4 Å². The van der Waals surface area contributed by atoms with Crippen LogP contribution in [0.3, 0.4) is 0 Å². The topological polar surface area (TPSA) is 132 Å². The fourth-order valence-corrected chi connectivity index (χ4v) is 5.23. The number of hydrogen-bond donors (Lipinski definition) is 1. The van der Waals surface area contributed by atoms with E-state index in [1.54, 1.807) is 36.4 Å². The lowest BCUT2D eigenvalue weighted by Crippen LogP contribution is -2.37. The molecule has 0 unspecified atom stereocenters. The SMILES string of the molecule is CCOc1cccc(N2C(=O)[C@@H]3[C@H](ON(c4cccc([N+](=O)[O-])c4)[C@H]3c3cc(Br)c(O)c(OC)c3)C2=O)c1. The highest BCUT2D eigenvalue weighted by atomic mass is 79.9. The summed E-state index contributed by atoms with van der Waals surface area (Å²) < 4.78 is 11.1. The zero-order valence-electron chi connectivity index (χ0n) is 20.2. The number of fused-ring (bicyclic) bond motifs is 1. The third-order valence-corrected chi connectivity index (χ3v) is 7.01. The number of carbonyl (C=O) groups excluding carboxylic acids is 2. The molecule has 2 heterocycles. The number of halogens is 1. The number of nitro groups is 1. The molecule has 2 fully saturated rings. The summed E-state index contributed by atoms with van der Waals surface area (Å²) in [5, 5.41) is 23.1. The second kappa shape index (κ2) is 9.95. The zero-order valence-corrected chi connectivity index (χ0v) is 21.8. The Morgan fingerprint density at radius 3 is 2.53 bits per heavy atom. The van der Waals surface area contributed by atoms with Crippen LogP contribution in [0.15, 0.2) is 65.1 Å². The molecule has 11 nitrogen and oxygen atoms in total. The molecule has 0 saturated carbocycles. The van der Waals surface area contributed by atoms with Gasteiger partial charge in [0.25, 0.3) is 11.6 Å². The molecule has 2 aliphatic rings. The van der Waals surface area contributed by atoms with Crippen molar-refractivity contribution in [1.82, 2.24) is 0 Å². The molecule has 196 valence electrons. The van der Waals surface area contributed by atoms with Crippen LogP contribution in [-0.4, -0.2) is 41.7 Å². The molecule has 0 bridgehead atoms. The predicted octanol–water partition coefficient (Wildman–Crippen LogP) is 4.52. The molecule has 3 aromatic carbocycles. The van der Waals surface area contributed by atoms with Crippen molar-refractivity contribution in [1.29, 1.82) is 0 Å². The van der Waals surface area contributed by atoms with Gasteiger partial charge in [-0.2, -0.15) is 0 Å². The molecule has 2 amide bonds. The fraction of sp³-hybridized carbons (Fsp3) is 0.231. The van der Waals surface area contributed by atoms with E-state index in [9.17, 15) is 24.8 Å². The Morgan fingerprint density at radius 1 is 1.08 bits per heavy atom. The summed E-state index contributed by atoms with van der Waals surface area (Å²) in [4.78, 5) is 45.5. The summed E-state index contributed by atoms with van der Waals surface area (Å²) in [5.41, 5.74) is 0.927.